The van der Waals surface area contributed by atoms with Crippen LogP contribution < -0.4 is 11.1 Å². The molecule has 0 atom stereocenters. The number of hydrogen-bond donors (Lipinski definition) is 2. The molecule has 9 heteroatoms. The zero-order valence-corrected chi connectivity index (χ0v) is 13.6. The molecular weight excluding hydrogens is 358 g/mol. The van der Waals surface area contributed by atoms with E-state index < -0.39 is 23.5 Å². The molecule has 0 aliphatic heterocycles. The zero-order valence-electron chi connectivity index (χ0n) is 12.7. The Hall–Kier alpha value is -2.68. The van der Waals surface area contributed by atoms with Crippen molar-refractivity contribution in [2.24, 2.45) is 0 Å². The first-order chi connectivity index (χ1) is 11.7. The molecule has 2 aromatic heterocycles. The molecular formula is C16H11F4N3OS. The number of fused-ring (bicyclic) bond motifs is 1. The number of aromatic nitrogens is 1. The van der Waals surface area contributed by atoms with Crippen molar-refractivity contribution in [2.75, 3.05) is 11.1 Å². The molecule has 0 unspecified atom stereocenters. The van der Waals surface area contributed by atoms with Crippen molar-refractivity contribution in [1.29, 1.82) is 0 Å². The lowest BCUT2D eigenvalue weighted by Crippen LogP contribution is -2.12. The highest BCUT2D eigenvalue weighted by molar-refractivity contribution is 7.21. The number of anilines is 2. The number of thiophene rings is 1. The number of aryl methyl sites for hydroxylation is 1. The molecule has 1 aromatic carbocycles. The number of carbonyl (C=O) groups is 1. The van der Waals surface area contributed by atoms with Crippen molar-refractivity contribution in [3.63, 3.8) is 0 Å². The zero-order chi connectivity index (χ0) is 18.4. The summed E-state index contributed by atoms with van der Waals surface area (Å²) in [6, 6.07) is 6.02. The number of alkyl halides is 3. The molecule has 0 aliphatic carbocycles. The van der Waals surface area contributed by atoms with E-state index in [9.17, 15) is 22.4 Å². The van der Waals surface area contributed by atoms with E-state index >= 15 is 0 Å². The van der Waals surface area contributed by atoms with Crippen molar-refractivity contribution < 1.29 is 22.4 Å². The third kappa shape index (κ3) is 3.27. The van der Waals surface area contributed by atoms with E-state index in [1.807, 2.05) is 0 Å². The molecule has 4 nitrogen and oxygen atoms in total. The molecule has 0 saturated carbocycles. The van der Waals surface area contributed by atoms with Gasteiger partial charge in [-0.1, -0.05) is 6.07 Å². The second-order valence-electron chi connectivity index (χ2n) is 5.30. The van der Waals surface area contributed by atoms with Gasteiger partial charge < -0.3 is 11.1 Å². The van der Waals surface area contributed by atoms with E-state index in [0.29, 0.717) is 0 Å². The number of nitrogens with two attached hydrogens (primary N) is 1. The molecule has 0 fully saturated rings. The van der Waals surface area contributed by atoms with Crippen LogP contribution in [0.25, 0.3) is 10.2 Å². The average molecular weight is 369 g/mol. The number of amides is 1. The maximum atomic E-state index is 13.3. The predicted molar refractivity (Wildman–Crippen MR) is 88.1 cm³/mol. The van der Waals surface area contributed by atoms with Gasteiger partial charge in [0.1, 0.15) is 15.5 Å². The molecule has 1 amide bonds. The van der Waals surface area contributed by atoms with Crippen LogP contribution >= 0.6 is 11.3 Å². The van der Waals surface area contributed by atoms with Crippen LogP contribution in [-0.2, 0) is 6.18 Å². The fourth-order valence-electron chi connectivity index (χ4n) is 2.39. The van der Waals surface area contributed by atoms with E-state index in [-0.39, 0.29) is 32.2 Å². The van der Waals surface area contributed by atoms with Gasteiger partial charge in [-0.3, -0.25) is 4.79 Å². The fourth-order valence-corrected chi connectivity index (χ4v) is 3.45. The Bertz CT molecular complexity index is 981. The van der Waals surface area contributed by atoms with Crippen molar-refractivity contribution >= 4 is 38.8 Å². The van der Waals surface area contributed by atoms with E-state index in [1.54, 1.807) is 0 Å². The topological polar surface area (TPSA) is 68.0 Å². The van der Waals surface area contributed by atoms with Gasteiger partial charge in [0.15, 0.2) is 0 Å². The van der Waals surface area contributed by atoms with Crippen molar-refractivity contribution in [3.8, 4) is 0 Å². The summed E-state index contributed by atoms with van der Waals surface area (Å²) in [5, 5.41) is 2.12. The Morgan fingerprint density at radius 3 is 2.64 bits per heavy atom. The molecule has 0 spiro atoms. The summed E-state index contributed by atoms with van der Waals surface area (Å²) in [5.74, 6) is -1.28. The van der Waals surface area contributed by atoms with Gasteiger partial charge in [0.05, 0.1) is 11.3 Å². The molecule has 0 aliphatic rings. The third-order valence-corrected chi connectivity index (χ3v) is 4.52. The van der Waals surface area contributed by atoms with E-state index in [4.69, 9.17) is 5.73 Å². The molecule has 0 saturated heterocycles. The van der Waals surface area contributed by atoms with Crippen LogP contribution in [0.5, 0.6) is 0 Å². The first kappa shape index (κ1) is 17.2. The second kappa shape index (κ2) is 5.99. The Kier molecular flexibility index (Phi) is 4.11. The smallest absolute Gasteiger partial charge is 0.397 e. The number of carbonyl (C=O) groups excluding carboxylic acids is 1. The van der Waals surface area contributed by atoms with Gasteiger partial charge >= 0.3 is 6.18 Å². The minimum Gasteiger partial charge on any atom is -0.397 e. The van der Waals surface area contributed by atoms with Crippen LogP contribution in [0.2, 0.25) is 0 Å². The van der Waals surface area contributed by atoms with Crippen molar-refractivity contribution in [1.82, 2.24) is 4.98 Å². The van der Waals surface area contributed by atoms with Crippen LogP contribution in [0.1, 0.15) is 20.9 Å². The standard InChI is InChI=1S/C16H11F4N3OS/c1-7-5-10(16(18,19)20)11-12(21)13(25-15(11)22-7)14(24)23-9-4-2-3-8(17)6-9/h2-6H,21H2,1H3,(H,23,24). The Balaban J connectivity index is 2.08. The van der Waals surface area contributed by atoms with Crippen LogP contribution in [0, 0.1) is 12.7 Å². The molecule has 130 valence electrons. The van der Waals surface area contributed by atoms with Crippen LogP contribution in [0.3, 0.4) is 0 Å². The first-order valence-corrected chi connectivity index (χ1v) is 7.82. The molecule has 25 heavy (non-hydrogen) atoms. The van der Waals surface area contributed by atoms with Gasteiger partial charge in [-0.05, 0) is 31.2 Å². The molecule has 0 bridgehead atoms. The summed E-state index contributed by atoms with van der Waals surface area (Å²) in [4.78, 5) is 16.3. The van der Waals surface area contributed by atoms with Gasteiger partial charge in [-0.2, -0.15) is 13.2 Å². The van der Waals surface area contributed by atoms with Crippen LogP contribution in [0.15, 0.2) is 30.3 Å². The quantitative estimate of drug-likeness (QED) is 0.649. The lowest BCUT2D eigenvalue weighted by molar-refractivity contribution is -0.136. The molecule has 3 N–H and O–H groups in total. The van der Waals surface area contributed by atoms with Gasteiger partial charge in [-0.15, -0.1) is 11.3 Å². The number of nitrogens with one attached hydrogen (secondary N) is 1. The van der Waals surface area contributed by atoms with Gasteiger partial charge in [0.25, 0.3) is 5.91 Å². The number of pyridine rings is 1. The summed E-state index contributed by atoms with van der Waals surface area (Å²) in [6.45, 7) is 1.43. The summed E-state index contributed by atoms with van der Waals surface area (Å²) in [7, 11) is 0. The van der Waals surface area contributed by atoms with Crippen LogP contribution in [0.4, 0.5) is 28.9 Å². The Labute approximate surface area is 143 Å². The summed E-state index contributed by atoms with van der Waals surface area (Å²) < 4.78 is 53.0. The highest BCUT2D eigenvalue weighted by Gasteiger charge is 2.35. The maximum Gasteiger partial charge on any atom is 0.417 e. The van der Waals surface area contributed by atoms with Crippen molar-refractivity contribution in [2.45, 2.75) is 13.1 Å². The normalized spacial score (nSPS) is 11.7. The summed E-state index contributed by atoms with van der Waals surface area (Å²) in [5.41, 5.74) is 4.91. The monoisotopic (exact) mass is 369 g/mol. The molecule has 0 radical (unpaired) electrons. The van der Waals surface area contributed by atoms with E-state index in [1.165, 1.54) is 25.1 Å². The summed E-state index contributed by atoms with van der Waals surface area (Å²) >= 11 is 0.758. The Morgan fingerprint density at radius 1 is 1.28 bits per heavy atom. The van der Waals surface area contributed by atoms with E-state index in [2.05, 4.69) is 10.3 Å². The number of benzene rings is 1. The lowest BCUT2D eigenvalue weighted by atomic mass is 10.1. The molecule has 3 rings (SSSR count). The fraction of sp³-hybridized carbons (Fsp3) is 0.125. The minimum absolute atomic E-state index is 0.0224. The number of hydrogen-bond acceptors (Lipinski definition) is 4. The molecule has 3 aromatic rings. The lowest BCUT2D eigenvalue weighted by Gasteiger charge is -2.09. The largest absolute Gasteiger partial charge is 0.417 e. The van der Waals surface area contributed by atoms with Gasteiger partial charge in [-0.25, -0.2) is 9.37 Å². The number of nitrogen functional groups attached to an aromatic ring is 1. The summed E-state index contributed by atoms with van der Waals surface area (Å²) in [6.07, 6.45) is -4.63. The number of rotatable bonds is 2. The van der Waals surface area contributed by atoms with Crippen molar-refractivity contribution in [3.05, 3.63) is 52.3 Å². The van der Waals surface area contributed by atoms with Gasteiger partial charge in [0.2, 0.25) is 0 Å². The third-order valence-electron chi connectivity index (χ3n) is 3.42. The minimum atomic E-state index is -4.63. The highest BCUT2D eigenvalue weighted by atomic mass is 32.1. The maximum absolute atomic E-state index is 13.3. The average Bonchev–Trinajstić information content (AvgIpc) is 2.82. The predicted octanol–water partition coefficient (Wildman–Crippen LogP) is 4.60. The SMILES string of the molecule is Cc1cc(C(F)(F)F)c2c(N)c(C(=O)Nc3cccc(F)c3)sc2n1. The Morgan fingerprint density at radius 2 is 2.00 bits per heavy atom. The highest BCUT2D eigenvalue weighted by Crippen LogP contribution is 2.42. The molecule has 2 heterocycles. The number of nitrogens with zero attached hydrogens (tertiary/aromatic N) is 1. The van der Waals surface area contributed by atoms with Crippen LogP contribution in [-0.4, -0.2) is 10.9 Å². The van der Waals surface area contributed by atoms with Gasteiger partial charge in [0, 0.05) is 16.8 Å². The van der Waals surface area contributed by atoms with E-state index in [0.717, 1.165) is 23.5 Å². The number of halogens is 4. The second-order valence-corrected chi connectivity index (χ2v) is 6.30. The first-order valence-electron chi connectivity index (χ1n) is 7.00.